The van der Waals surface area contributed by atoms with Gasteiger partial charge >= 0.3 is 5.97 Å². The van der Waals surface area contributed by atoms with Gasteiger partial charge in [-0.25, -0.2) is 4.98 Å². The number of fused-ring (bicyclic) bond motifs is 1. The van der Waals surface area contributed by atoms with E-state index in [9.17, 15) is 24.3 Å². The molecule has 3 aromatic rings. The second kappa shape index (κ2) is 14.4. The Hall–Kier alpha value is -4.35. The summed E-state index contributed by atoms with van der Waals surface area (Å²) in [6.07, 6.45) is 0.0949. The number of carbonyl (C=O) groups is 4. The fraction of sp³-hybridized carbons (Fsp3) is 0.424. The largest absolute Gasteiger partial charge is 0.459 e. The first kappa shape index (κ1) is 32.6. The number of primary amides is 1. The van der Waals surface area contributed by atoms with E-state index in [1.54, 1.807) is 18.2 Å². The number of aliphatic hydroxyl groups excluding tert-OH is 1. The van der Waals surface area contributed by atoms with E-state index in [0.29, 0.717) is 18.5 Å². The second-order valence-corrected chi connectivity index (χ2v) is 12.1. The molecule has 0 spiro atoms. The Balaban J connectivity index is 1.50. The molecule has 1 saturated heterocycles. The van der Waals surface area contributed by atoms with Gasteiger partial charge in [-0.1, -0.05) is 54.6 Å². The van der Waals surface area contributed by atoms with Crippen LogP contribution >= 0.6 is 0 Å². The van der Waals surface area contributed by atoms with Crippen LogP contribution in [-0.2, 0) is 25.5 Å². The van der Waals surface area contributed by atoms with Crippen LogP contribution in [0.5, 0.6) is 0 Å². The number of hydrogen-bond donors (Lipinski definition) is 4. The number of hydrogen-bond acceptors (Lipinski definition) is 8. The molecule has 0 bridgehead atoms. The van der Waals surface area contributed by atoms with Crippen LogP contribution in [0.2, 0.25) is 0 Å². The molecule has 0 saturated carbocycles. The average Bonchev–Trinajstić information content (AvgIpc) is 3.44. The minimum absolute atomic E-state index is 0.0778. The highest BCUT2D eigenvalue weighted by Crippen LogP contribution is 2.22. The third-order valence-electron chi connectivity index (χ3n) is 7.41. The summed E-state index contributed by atoms with van der Waals surface area (Å²) >= 11 is 0. The van der Waals surface area contributed by atoms with E-state index in [1.165, 1.54) is 6.07 Å². The minimum atomic E-state index is -1.31. The van der Waals surface area contributed by atoms with Gasteiger partial charge in [-0.15, -0.1) is 0 Å². The molecule has 44 heavy (non-hydrogen) atoms. The standard InChI is InChI=1S/C33H41N5O6/c1-33(2,3)44-32(43)27-14-9-17-38(27)20-28(39)25(18-21-10-5-4-6-11-21)36-31(42)26(19-29(34)40)37-30(41)24-16-15-22-12-7-8-13-23(22)35-24/h4-8,10-13,15-16,25-28,39H,9,14,17-20H2,1-3H3,(H2,34,40)(H,36,42)(H,37,41)/t25-,26-,27?,28-/m0/s1. The Morgan fingerprint density at radius 3 is 2.43 bits per heavy atom. The molecule has 0 radical (unpaired) electrons. The number of ether oxygens (including phenoxy) is 1. The summed E-state index contributed by atoms with van der Waals surface area (Å²) < 4.78 is 5.60. The monoisotopic (exact) mass is 603 g/mol. The van der Waals surface area contributed by atoms with Crippen molar-refractivity contribution in [1.29, 1.82) is 0 Å². The quantitative estimate of drug-likeness (QED) is 0.229. The molecular formula is C33H41N5O6. The highest BCUT2D eigenvalue weighted by molar-refractivity contribution is 5.99. The van der Waals surface area contributed by atoms with Gasteiger partial charge in [-0.05, 0) is 64.3 Å². The topological polar surface area (TPSA) is 164 Å². The summed E-state index contributed by atoms with van der Waals surface area (Å²) in [7, 11) is 0. The zero-order valence-electron chi connectivity index (χ0n) is 25.4. The molecule has 234 valence electrons. The van der Waals surface area contributed by atoms with Crippen molar-refractivity contribution in [2.24, 2.45) is 5.73 Å². The van der Waals surface area contributed by atoms with Gasteiger partial charge in [-0.2, -0.15) is 0 Å². The SMILES string of the molecule is CC(C)(C)OC(=O)C1CCCN1C[C@H](O)[C@H](Cc1ccccc1)NC(=O)[C@H](CC(N)=O)NC(=O)c1ccc2ccccc2n1. The number of aromatic nitrogens is 1. The van der Waals surface area contributed by atoms with E-state index >= 15 is 0 Å². The zero-order valence-corrected chi connectivity index (χ0v) is 25.4. The number of nitrogens with two attached hydrogens (primary N) is 1. The van der Waals surface area contributed by atoms with Crippen molar-refractivity contribution in [3.05, 3.63) is 78.0 Å². The van der Waals surface area contributed by atoms with Crippen molar-refractivity contribution in [2.45, 2.75) is 76.3 Å². The Morgan fingerprint density at radius 2 is 1.73 bits per heavy atom. The molecule has 1 aliphatic heterocycles. The third-order valence-corrected chi connectivity index (χ3v) is 7.41. The van der Waals surface area contributed by atoms with Crippen LogP contribution in [0.3, 0.4) is 0 Å². The number of carbonyl (C=O) groups excluding carboxylic acids is 4. The highest BCUT2D eigenvalue weighted by Gasteiger charge is 2.37. The molecular weight excluding hydrogens is 562 g/mol. The van der Waals surface area contributed by atoms with Crippen molar-refractivity contribution in [3.8, 4) is 0 Å². The predicted molar refractivity (Wildman–Crippen MR) is 165 cm³/mol. The summed E-state index contributed by atoms with van der Waals surface area (Å²) in [4.78, 5) is 57.7. The number of benzene rings is 2. The van der Waals surface area contributed by atoms with E-state index in [1.807, 2.05) is 68.1 Å². The van der Waals surface area contributed by atoms with Crippen LogP contribution in [0.1, 0.15) is 56.1 Å². The molecule has 11 nitrogen and oxygen atoms in total. The van der Waals surface area contributed by atoms with Crippen molar-refractivity contribution < 1.29 is 29.0 Å². The second-order valence-electron chi connectivity index (χ2n) is 12.1. The highest BCUT2D eigenvalue weighted by atomic mass is 16.6. The molecule has 0 aliphatic carbocycles. The van der Waals surface area contributed by atoms with E-state index in [-0.39, 0.29) is 24.6 Å². The lowest BCUT2D eigenvalue weighted by molar-refractivity contribution is -0.160. The van der Waals surface area contributed by atoms with Crippen molar-refractivity contribution in [3.63, 3.8) is 0 Å². The molecule has 1 aromatic heterocycles. The number of esters is 1. The molecule has 4 atom stereocenters. The lowest BCUT2D eigenvalue weighted by atomic mass is 9.99. The minimum Gasteiger partial charge on any atom is -0.459 e. The number of rotatable bonds is 12. The summed E-state index contributed by atoms with van der Waals surface area (Å²) in [5, 5.41) is 17.7. The van der Waals surface area contributed by atoms with Crippen LogP contribution in [0.25, 0.3) is 10.9 Å². The molecule has 4 rings (SSSR count). The summed E-state index contributed by atoms with van der Waals surface area (Å²) in [5.74, 6) is -2.45. The Labute approximate surface area is 257 Å². The molecule has 2 aromatic carbocycles. The number of para-hydroxylation sites is 1. The van der Waals surface area contributed by atoms with Gasteiger partial charge in [0, 0.05) is 11.9 Å². The van der Waals surface area contributed by atoms with E-state index < -0.39 is 54.0 Å². The van der Waals surface area contributed by atoms with Crippen LogP contribution in [0.4, 0.5) is 0 Å². The number of aliphatic hydroxyl groups is 1. The summed E-state index contributed by atoms with van der Waals surface area (Å²) in [5.41, 5.74) is 6.34. The number of nitrogens with one attached hydrogen (secondary N) is 2. The first-order valence-electron chi connectivity index (χ1n) is 14.8. The Bertz CT molecular complexity index is 1470. The van der Waals surface area contributed by atoms with Gasteiger partial charge in [0.05, 0.1) is 24.1 Å². The zero-order chi connectivity index (χ0) is 31.9. The molecule has 1 unspecified atom stereocenters. The van der Waals surface area contributed by atoms with Crippen LogP contribution in [-0.4, -0.2) is 81.6 Å². The van der Waals surface area contributed by atoms with Gasteiger partial charge in [0.1, 0.15) is 23.4 Å². The van der Waals surface area contributed by atoms with Crippen molar-refractivity contribution in [1.82, 2.24) is 20.5 Å². The number of pyridine rings is 1. The number of nitrogens with zero attached hydrogens (tertiary/aromatic N) is 2. The maximum absolute atomic E-state index is 13.6. The lowest BCUT2D eigenvalue weighted by Crippen LogP contribution is -2.56. The predicted octanol–water partition coefficient (Wildman–Crippen LogP) is 2.10. The molecule has 11 heteroatoms. The Morgan fingerprint density at radius 1 is 1.02 bits per heavy atom. The Kier molecular flexibility index (Phi) is 10.7. The molecule has 5 N–H and O–H groups in total. The summed E-state index contributed by atoms with van der Waals surface area (Å²) in [6.45, 7) is 6.12. The number of likely N-dealkylation sites (tertiary alicyclic amines) is 1. The van der Waals surface area contributed by atoms with Crippen LogP contribution < -0.4 is 16.4 Å². The first-order chi connectivity index (χ1) is 20.9. The van der Waals surface area contributed by atoms with Crippen molar-refractivity contribution >= 4 is 34.6 Å². The van der Waals surface area contributed by atoms with Gasteiger partial charge < -0.3 is 26.2 Å². The number of amides is 3. The van der Waals surface area contributed by atoms with Gasteiger partial charge in [0.25, 0.3) is 5.91 Å². The van der Waals surface area contributed by atoms with Gasteiger partial charge in [0.15, 0.2) is 0 Å². The van der Waals surface area contributed by atoms with Gasteiger partial charge in [0.2, 0.25) is 11.8 Å². The number of β-amino-alcohol motifs (C(OH)–C–C–N with tert-alkyl or cyclic N) is 1. The normalized spacial score (nSPS) is 17.4. The fourth-order valence-corrected chi connectivity index (χ4v) is 5.32. The maximum Gasteiger partial charge on any atom is 0.323 e. The molecule has 3 amide bonds. The third kappa shape index (κ3) is 9.08. The van der Waals surface area contributed by atoms with E-state index in [0.717, 1.165) is 17.4 Å². The maximum atomic E-state index is 13.6. The van der Waals surface area contributed by atoms with Gasteiger partial charge in [-0.3, -0.25) is 24.1 Å². The molecule has 1 fully saturated rings. The molecule has 1 aliphatic rings. The van der Waals surface area contributed by atoms with E-state index in [2.05, 4.69) is 15.6 Å². The van der Waals surface area contributed by atoms with Crippen LogP contribution in [0.15, 0.2) is 66.7 Å². The smallest absolute Gasteiger partial charge is 0.323 e. The average molecular weight is 604 g/mol. The fourth-order valence-electron chi connectivity index (χ4n) is 5.32. The summed E-state index contributed by atoms with van der Waals surface area (Å²) in [6, 6.07) is 17.3. The first-order valence-corrected chi connectivity index (χ1v) is 14.8. The molecule has 2 heterocycles. The lowest BCUT2D eigenvalue weighted by Gasteiger charge is -2.32. The van der Waals surface area contributed by atoms with Crippen molar-refractivity contribution in [2.75, 3.05) is 13.1 Å². The van der Waals surface area contributed by atoms with E-state index in [4.69, 9.17) is 10.5 Å². The van der Waals surface area contributed by atoms with Crippen LogP contribution in [0, 0.1) is 0 Å².